The van der Waals surface area contributed by atoms with Crippen molar-refractivity contribution >= 4 is 41.3 Å². The highest BCUT2D eigenvalue weighted by Crippen LogP contribution is 2.16. The van der Waals surface area contributed by atoms with Crippen molar-refractivity contribution in [1.29, 1.82) is 0 Å². The highest BCUT2D eigenvalue weighted by molar-refractivity contribution is 14.0. The van der Waals surface area contributed by atoms with Gasteiger partial charge in [0.25, 0.3) is 0 Å². The Morgan fingerprint density at radius 2 is 2.08 bits per heavy atom. The van der Waals surface area contributed by atoms with Crippen molar-refractivity contribution in [2.45, 2.75) is 33.7 Å². The number of nitrogens with one attached hydrogen (secondary N) is 1. The third-order valence-electron chi connectivity index (χ3n) is 3.68. The maximum absolute atomic E-state index is 5.83. The monoisotopic (exact) mass is 488 g/mol. The number of para-hydroxylation sites is 1. The average Bonchev–Trinajstić information content (AvgIpc) is 3.00. The van der Waals surface area contributed by atoms with Gasteiger partial charge in [0.05, 0.1) is 23.9 Å². The molecule has 0 saturated carbocycles. The molecule has 0 bridgehead atoms. The van der Waals surface area contributed by atoms with E-state index in [9.17, 15) is 0 Å². The summed E-state index contributed by atoms with van der Waals surface area (Å²) >= 11 is 1.68. The second kappa shape index (κ2) is 12.1. The Morgan fingerprint density at radius 3 is 2.73 bits per heavy atom. The largest absolute Gasteiger partial charge is 0.493 e. The molecule has 26 heavy (non-hydrogen) atoms. The van der Waals surface area contributed by atoms with Gasteiger partial charge in [-0.3, -0.25) is 4.99 Å². The van der Waals surface area contributed by atoms with Crippen LogP contribution in [-0.4, -0.2) is 42.6 Å². The molecule has 0 unspecified atom stereocenters. The first-order valence-electron chi connectivity index (χ1n) is 8.69. The molecule has 0 saturated heterocycles. The molecule has 0 amide bonds. The van der Waals surface area contributed by atoms with E-state index >= 15 is 0 Å². The Hall–Kier alpha value is -1.35. The lowest BCUT2D eigenvalue weighted by molar-refractivity contribution is 0.311. The summed E-state index contributed by atoms with van der Waals surface area (Å²) in [6.07, 6.45) is 0.882. The van der Waals surface area contributed by atoms with Crippen LogP contribution in [0.5, 0.6) is 5.75 Å². The van der Waals surface area contributed by atoms with Gasteiger partial charge >= 0.3 is 0 Å². The molecule has 5 nitrogen and oxygen atoms in total. The van der Waals surface area contributed by atoms with Crippen molar-refractivity contribution in [3.8, 4) is 5.75 Å². The SMILES string of the molecule is CCNC(=NCCCOc1ccccc1C)N(C)Cc1csc(C)n1.I. The lowest BCUT2D eigenvalue weighted by Gasteiger charge is -2.21. The van der Waals surface area contributed by atoms with Crippen LogP contribution >= 0.6 is 35.3 Å². The Labute approximate surface area is 177 Å². The molecule has 1 heterocycles. The molecule has 0 atom stereocenters. The van der Waals surface area contributed by atoms with Crippen LogP contribution in [0.25, 0.3) is 0 Å². The van der Waals surface area contributed by atoms with Gasteiger partial charge in [0.2, 0.25) is 0 Å². The molecule has 2 aromatic rings. The molecule has 1 aromatic carbocycles. The Morgan fingerprint density at radius 1 is 1.31 bits per heavy atom. The first-order valence-corrected chi connectivity index (χ1v) is 9.57. The van der Waals surface area contributed by atoms with Crippen molar-refractivity contribution in [3.05, 3.63) is 45.9 Å². The third-order valence-corrected chi connectivity index (χ3v) is 4.50. The molecule has 0 spiro atoms. The van der Waals surface area contributed by atoms with Crippen LogP contribution in [0, 0.1) is 13.8 Å². The minimum atomic E-state index is 0. The van der Waals surface area contributed by atoms with Crippen molar-refractivity contribution in [2.75, 3.05) is 26.7 Å². The first-order chi connectivity index (χ1) is 12.1. The van der Waals surface area contributed by atoms with Gasteiger partial charge in [0.1, 0.15) is 5.75 Å². The number of hydrogen-bond acceptors (Lipinski definition) is 4. The number of aliphatic imine (C=N–C) groups is 1. The number of aromatic nitrogens is 1. The molecule has 0 aliphatic rings. The van der Waals surface area contributed by atoms with E-state index in [0.29, 0.717) is 6.61 Å². The normalized spacial score (nSPS) is 11.0. The molecule has 1 aromatic heterocycles. The summed E-state index contributed by atoms with van der Waals surface area (Å²) in [6, 6.07) is 8.09. The van der Waals surface area contributed by atoms with Gasteiger partial charge < -0.3 is 15.0 Å². The first kappa shape index (κ1) is 22.7. The standard InChI is InChI=1S/C19H28N4OS.HI/c1-5-20-19(23(4)13-17-14-25-16(3)22-17)21-11-8-12-24-18-10-7-6-9-15(18)2;/h6-7,9-10,14H,5,8,11-13H2,1-4H3,(H,20,21);1H. The number of ether oxygens (including phenoxy) is 1. The number of hydrogen-bond donors (Lipinski definition) is 1. The summed E-state index contributed by atoms with van der Waals surface area (Å²) in [7, 11) is 2.04. The lowest BCUT2D eigenvalue weighted by Crippen LogP contribution is -2.38. The fourth-order valence-corrected chi connectivity index (χ4v) is 3.02. The van der Waals surface area contributed by atoms with E-state index in [1.54, 1.807) is 11.3 Å². The zero-order valence-corrected chi connectivity index (χ0v) is 19.1. The van der Waals surface area contributed by atoms with Gasteiger partial charge in [0.15, 0.2) is 5.96 Å². The van der Waals surface area contributed by atoms with Crippen LogP contribution in [0.3, 0.4) is 0 Å². The number of benzene rings is 1. The van der Waals surface area contributed by atoms with Crippen LogP contribution in [0.4, 0.5) is 0 Å². The predicted octanol–water partition coefficient (Wildman–Crippen LogP) is 4.24. The fourth-order valence-electron chi connectivity index (χ4n) is 2.42. The lowest BCUT2D eigenvalue weighted by atomic mass is 10.2. The average molecular weight is 488 g/mol. The van der Waals surface area contributed by atoms with Crippen molar-refractivity contribution in [2.24, 2.45) is 4.99 Å². The number of aryl methyl sites for hydroxylation is 2. The molecule has 144 valence electrons. The molecule has 2 rings (SSSR count). The Kier molecular flexibility index (Phi) is 10.6. The maximum Gasteiger partial charge on any atom is 0.194 e. The Balaban J connectivity index is 0.00000338. The zero-order valence-electron chi connectivity index (χ0n) is 16.0. The summed E-state index contributed by atoms with van der Waals surface area (Å²) in [5.74, 6) is 1.86. The van der Waals surface area contributed by atoms with Crippen LogP contribution < -0.4 is 10.1 Å². The van der Waals surface area contributed by atoms with Gasteiger partial charge in [-0.05, 0) is 32.4 Å². The minimum absolute atomic E-state index is 0. The molecule has 1 N–H and O–H groups in total. The predicted molar refractivity (Wildman–Crippen MR) is 121 cm³/mol. The van der Waals surface area contributed by atoms with Crippen LogP contribution in [-0.2, 0) is 6.54 Å². The van der Waals surface area contributed by atoms with Gasteiger partial charge in [0, 0.05) is 31.9 Å². The van der Waals surface area contributed by atoms with Crippen LogP contribution in [0.15, 0.2) is 34.6 Å². The summed E-state index contributed by atoms with van der Waals surface area (Å²) in [4.78, 5) is 11.3. The number of halogens is 1. The molecule has 7 heteroatoms. The van der Waals surface area contributed by atoms with Crippen molar-refractivity contribution < 1.29 is 4.74 Å². The third kappa shape index (κ3) is 7.49. The topological polar surface area (TPSA) is 49.8 Å². The number of guanidine groups is 1. The van der Waals surface area contributed by atoms with Crippen molar-refractivity contribution in [1.82, 2.24) is 15.2 Å². The maximum atomic E-state index is 5.83. The van der Waals surface area contributed by atoms with Crippen LogP contribution in [0.1, 0.15) is 29.6 Å². The molecule has 0 aliphatic heterocycles. The van der Waals surface area contributed by atoms with E-state index in [-0.39, 0.29) is 24.0 Å². The minimum Gasteiger partial charge on any atom is -0.493 e. The van der Waals surface area contributed by atoms with Gasteiger partial charge in [-0.1, -0.05) is 18.2 Å². The highest BCUT2D eigenvalue weighted by atomic mass is 127. The van der Waals surface area contributed by atoms with E-state index in [1.165, 1.54) is 0 Å². The van der Waals surface area contributed by atoms with E-state index in [1.807, 2.05) is 32.2 Å². The molecule has 0 radical (unpaired) electrons. The second-order valence-corrected chi connectivity index (χ2v) is 6.98. The summed E-state index contributed by atoms with van der Waals surface area (Å²) in [5.41, 5.74) is 2.25. The number of nitrogens with zero attached hydrogens (tertiary/aromatic N) is 3. The quantitative estimate of drug-likeness (QED) is 0.261. The van der Waals surface area contributed by atoms with E-state index < -0.39 is 0 Å². The van der Waals surface area contributed by atoms with Gasteiger partial charge in [-0.25, -0.2) is 4.98 Å². The molecule has 0 aliphatic carbocycles. The van der Waals surface area contributed by atoms with E-state index in [4.69, 9.17) is 9.73 Å². The van der Waals surface area contributed by atoms with Gasteiger partial charge in [-0.15, -0.1) is 35.3 Å². The second-order valence-electron chi connectivity index (χ2n) is 5.92. The van der Waals surface area contributed by atoms with E-state index in [2.05, 4.69) is 40.5 Å². The van der Waals surface area contributed by atoms with E-state index in [0.717, 1.165) is 54.0 Å². The summed E-state index contributed by atoms with van der Waals surface area (Å²) in [6.45, 7) is 9.18. The number of rotatable bonds is 8. The smallest absolute Gasteiger partial charge is 0.194 e. The summed E-state index contributed by atoms with van der Waals surface area (Å²) < 4.78 is 5.83. The molecular formula is C19H29IN4OS. The Bertz CT molecular complexity index is 690. The van der Waals surface area contributed by atoms with Crippen LogP contribution in [0.2, 0.25) is 0 Å². The van der Waals surface area contributed by atoms with Crippen molar-refractivity contribution in [3.63, 3.8) is 0 Å². The fraction of sp³-hybridized carbons (Fsp3) is 0.474. The molecular weight excluding hydrogens is 459 g/mol. The van der Waals surface area contributed by atoms with Gasteiger partial charge in [-0.2, -0.15) is 0 Å². The number of thiazole rings is 1. The zero-order chi connectivity index (χ0) is 18.1. The summed E-state index contributed by atoms with van der Waals surface area (Å²) in [5, 5.41) is 6.54. The highest BCUT2D eigenvalue weighted by Gasteiger charge is 2.08. The molecule has 0 fully saturated rings.